The summed E-state index contributed by atoms with van der Waals surface area (Å²) < 4.78 is 16.9. The first kappa shape index (κ1) is 23.3. The summed E-state index contributed by atoms with van der Waals surface area (Å²) in [6.07, 6.45) is 7.14. The van der Waals surface area contributed by atoms with E-state index in [1.54, 1.807) is 32.4 Å². The minimum absolute atomic E-state index is 0.0340. The van der Waals surface area contributed by atoms with Gasteiger partial charge in [0.15, 0.2) is 0 Å². The predicted octanol–water partition coefficient (Wildman–Crippen LogP) is 2.95. The van der Waals surface area contributed by atoms with Gasteiger partial charge in [0.05, 0.1) is 33.0 Å². The number of likely N-dealkylation sites (N-methyl/N-ethyl adjacent to an activating group) is 1. The summed E-state index contributed by atoms with van der Waals surface area (Å²) in [5, 5.41) is 9.76. The smallest absolute Gasteiger partial charge is 0.254 e. The third-order valence-corrected chi connectivity index (χ3v) is 7.78. The van der Waals surface area contributed by atoms with Gasteiger partial charge in [-0.05, 0) is 69.5 Å². The maximum atomic E-state index is 13.1. The summed E-state index contributed by atoms with van der Waals surface area (Å²) in [5.41, 5.74) is 0.800. The zero-order valence-corrected chi connectivity index (χ0v) is 19.7. The number of amides is 1. The van der Waals surface area contributed by atoms with Gasteiger partial charge in [0.1, 0.15) is 11.5 Å². The Morgan fingerprint density at radius 3 is 2.34 bits per heavy atom. The van der Waals surface area contributed by atoms with Gasteiger partial charge in [-0.2, -0.15) is 0 Å². The molecule has 3 aliphatic rings. The van der Waals surface area contributed by atoms with Crippen LogP contribution in [-0.4, -0.2) is 86.6 Å². The summed E-state index contributed by atoms with van der Waals surface area (Å²) in [5.74, 6) is 1.29. The van der Waals surface area contributed by atoms with Gasteiger partial charge in [-0.25, -0.2) is 0 Å². The highest BCUT2D eigenvalue weighted by Crippen LogP contribution is 2.42. The Labute approximate surface area is 191 Å². The first-order chi connectivity index (χ1) is 15.4. The highest BCUT2D eigenvalue weighted by Gasteiger charge is 2.43. The molecular weight excluding hydrogens is 408 g/mol. The van der Waals surface area contributed by atoms with Crippen LogP contribution in [0.25, 0.3) is 0 Å². The van der Waals surface area contributed by atoms with E-state index >= 15 is 0 Å². The lowest BCUT2D eigenvalue weighted by Crippen LogP contribution is -2.44. The van der Waals surface area contributed by atoms with Crippen molar-refractivity contribution in [2.45, 2.75) is 63.2 Å². The molecular formula is C25H38N2O5. The van der Waals surface area contributed by atoms with Crippen LogP contribution in [0, 0.1) is 5.41 Å². The van der Waals surface area contributed by atoms with Crippen LogP contribution in [0.3, 0.4) is 0 Å². The number of carbonyl (C=O) groups excluding carboxylic acids is 1. The molecule has 7 heteroatoms. The topological polar surface area (TPSA) is 71.5 Å². The molecule has 1 amide bonds. The molecule has 1 aromatic rings. The molecule has 1 aromatic carbocycles. The summed E-state index contributed by atoms with van der Waals surface area (Å²) in [6.45, 7) is 3.26. The number of aliphatic hydroxyl groups excluding tert-OH is 1. The molecule has 1 atom stereocenters. The summed E-state index contributed by atoms with van der Waals surface area (Å²) in [4.78, 5) is 17.5. The number of hydrogen-bond acceptors (Lipinski definition) is 6. The van der Waals surface area contributed by atoms with E-state index in [2.05, 4.69) is 11.9 Å². The molecule has 4 rings (SSSR count). The van der Waals surface area contributed by atoms with Gasteiger partial charge in [0.25, 0.3) is 5.91 Å². The molecule has 32 heavy (non-hydrogen) atoms. The van der Waals surface area contributed by atoms with Crippen LogP contribution in [0.4, 0.5) is 0 Å². The van der Waals surface area contributed by atoms with Gasteiger partial charge in [0.2, 0.25) is 0 Å². The van der Waals surface area contributed by atoms with E-state index in [9.17, 15) is 9.90 Å². The molecule has 2 saturated heterocycles. The van der Waals surface area contributed by atoms with E-state index in [1.165, 1.54) is 0 Å². The standard InChI is InChI=1S/C25H38N2O5/c1-26(19-4-6-20(28)7-5-19)16-23-15-25(17-32-23)8-10-27(11-9-25)24(29)18-12-21(30-2)14-22(13-18)31-3/h12-14,19-20,23,28H,4-11,15-17H2,1-3H3. The molecule has 1 saturated carbocycles. The first-order valence-electron chi connectivity index (χ1n) is 11.9. The van der Waals surface area contributed by atoms with Crippen molar-refractivity contribution in [1.82, 2.24) is 9.80 Å². The number of aliphatic hydroxyl groups is 1. The number of hydrogen-bond donors (Lipinski definition) is 1. The first-order valence-corrected chi connectivity index (χ1v) is 11.9. The summed E-state index contributed by atoms with van der Waals surface area (Å²) in [6, 6.07) is 5.90. The van der Waals surface area contributed by atoms with Crippen molar-refractivity contribution in [2.75, 3.05) is 47.5 Å². The molecule has 7 nitrogen and oxygen atoms in total. The van der Waals surface area contributed by atoms with Crippen LogP contribution >= 0.6 is 0 Å². The minimum atomic E-state index is -0.114. The number of likely N-dealkylation sites (tertiary alicyclic amines) is 1. The van der Waals surface area contributed by atoms with Crippen molar-refractivity contribution in [2.24, 2.45) is 5.41 Å². The van der Waals surface area contributed by atoms with Gasteiger partial charge in [-0.1, -0.05) is 0 Å². The fourth-order valence-electron chi connectivity index (χ4n) is 5.63. The molecule has 1 N–H and O–H groups in total. The number of carbonyl (C=O) groups is 1. The average molecular weight is 447 g/mol. The molecule has 1 spiro atoms. The number of rotatable bonds is 6. The van der Waals surface area contributed by atoms with Crippen LogP contribution in [0.2, 0.25) is 0 Å². The molecule has 178 valence electrons. The number of nitrogens with zero attached hydrogens (tertiary/aromatic N) is 2. The van der Waals surface area contributed by atoms with Crippen LogP contribution in [0.15, 0.2) is 18.2 Å². The number of piperidine rings is 1. The second kappa shape index (κ2) is 9.98. The van der Waals surface area contributed by atoms with Crippen molar-refractivity contribution in [3.8, 4) is 11.5 Å². The van der Waals surface area contributed by atoms with Crippen molar-refractivity contribution >= 4 is 5.91 Å². The Balaban J connectivity index is 1.29. The number of ether oxygens (including phenoxy) is 3. The van der Waals surface area contributed by atoms with Crippen molar-refractivity contribution in [3.05, 3.63) is 23.8 Å². The fraction of sp³-hybridized carbons (Fsp3) is 0.720. The molecule has 1 unspecified atom stereocenters. The largest absolute Gasteiger partial charge is 0.497 e. The lowest BCUT2D eigenvalue weighted by atomic mass is 9.76. The predicted molar refractivity (Wildman–Crippen MR) is 122 cm³/mol. The van der Waals surface area contributed by atoms with E-state index < -0.39 is 0 Å². The third-order valence-electron chi connectivity index (χ3n) is 7.78. The molecule has 1 aliphatic carbocycles. The number of methoxy groups -OCH3 is 2. The Hall–Kier alpha value is -1.83. The number of benzene rings is 1. The van der Waals surface area contributed by atoms with Gasteiger partial charge >= 0.3 is 0 Å². The van der Waals surface area contributed by atoms with Crippen molar-refractivity contribution in [1.29, 1.82) is 0 Å². The van der Waals surface area contributed by atoms with Gasteiger partial charge in [0, 0.05) is 37.3 Å². The zero-order chi connectivity index (χ0) is 22.7. The molecule has 0 bridgehead atoms. The van der Waals surface area contributed by atoms with Crippen LogP contribution in [0.5, 0.6) is 11.5 Å². The Bertz CT molecular complexity index is 762. The van der Waals surface area contributed by atoms with E-state index in [0.717, 1.165) is 71.2 Å². The monoisotopic (exact) mass is 446 g/mol. The minimum Gasteiger partial charge on any atom is -0.497 e. The quantitative estimate of drug-likeness (QED) is 0.725. The molecule has 0 aromatic heterocycles. The normalized spacial score (nSPS) is 27.7. The van der Waals surface area contributed by atoms with Crippen molar-refractivity contribution < 1.29 is 24.1 Å². The lowest BCUT2D eigenvalue weighted by molar-refractivity contribution is 0.0336. The lowest BCUT2D eigenvalue weighted by Gasteiger charge is -2.39. The summed E-state index contributed by atoms with van der Waals surface area (Å²) in [7, 11) is 5.39. The third kappa shape index (κ3) is 5.21. The van der Waals surface area contributed by atoms with E-state index in [1.807, 2.05) is 4.90 Å². The van der Waals surface area contributed by atoms with E-state index in [4.69, 9.17) is 14.2 Å². The zero-order valence-electron chi connectivity index (χ0n) is 19.7. The molecule has 0 radical (unpaired) electrons. The Kier molecular flexibility index (Phi) is 7.27. The van der Waals surface area contributed by atoms with Crippen LogP contribution in [0.1, 0.15) is 55.3 Å². The summed E-state index contributed by atoms with van der Waals surface area (Å²) >= 11 is 0. The van der Waals surface area contributed by atoms with E-state index in [-0.39, 0.29) is 23.5 Å². The second-order valence-corrected chi connectivity index (χ2v) is 9.93. The van der Waals surface area contributed by atoms with Crippen molar-refractivity contribution in [3.63, 3.8) is 0 Å². The van der Waals surface area contributed by atoms with Gasteiger partial charge in [-0.3, -0.25) is 4.79 Å². The molecule has 2 aliphatic heterocycles. The molecule has 2 heterocycles. The second-order valence-electron chi connectivity index (χ2n) is 9.93. The molecule has 3 fully saturated rings. The fourth-order valence-corrected chi connectivity index (χ4v) is 5.63. The maximum Gasteiger partial charge on any atom is 0.254 e. The van der Waals surface area contributed by atoms with Gasteiger partial charge < -0.3 is 29.1 Å². The SMILES string of the molecule is COc1cc(OC)cc(C(=O)N2CCC3(CC2)COC(CN(C)C2CCC(O)CC2)C3)c1. The maximum absolute atomic E-state index is 13.1. The Morgan fingerprint density at radius 2 is 1.75 bits per heavy atom. The highest BCUT2D eigenvalue weighted by atomic mass is 16.5. The average Bonchev–Trinajstić information content (AvgIpc) is 3.20. The Morgan fingerprint density at radius 1 is 1.12 bits per heavy atom. The van der Waals surface area contributed by atoms with E-state index in [0.29, 0.717) is 23.1 Å². The van der Waals surface area contributed by atoms with Crippen LogP contribution < -0.4 is 9.47 Å². The van der Waals surface area contributed by atoms with Crippen LogP contribution in [-0.2, 0) is 4.74 Å². The highest BCUT2D eigenvalue weighted by molar-refractivity contribution is 5.95. The van der Waals surface area contributed by atoms with Gasteiger partial charge in [-0.15, -0.1) is 0 Å².